The van der Waals surface area contributed by atoms with Crippen molar-refractivity contribution in [1.82, 2.24) is 9.97 Å². The van der Waals surface area contributed by atoms with E-state index in [2.05, 4.69) is 34.4 Å². The largest absolute Gasteiger partial charge is 0.377 e. The summed E-state index contributed by atoms with van der Waals surface area (Å²) in [6.45, 7) is 5.14. The van der Waals surface area contributed by atoms with Gasteiger partial charge in [-0.1, -0.05) is 13.8 Å². The lowest BCUT2D eigenvalue weighted by Gasteiger charge is -2.54. The van der Waals surface area contributed by atoms with Gasteiger partial charge in [0.2, 0.25) is 11.8 Å². The molecule has 23 heavy (non-hydrogen) atoms. The van der Waals surface area contributed by atoms with Crippen molar-refractivity contribution in [2.75, 3.05) is 17.2 Å². The van der Waals surface area contributed by atoms with E-state index in [-0.39, 0.29) is 23.2 Å². The predicted molar refractivity (Wildman–Crippen MR) is 84.4 cm³/mol. The van der Waals surface area contributed by atoms with Crippen molar-refractivity contribution < 1.29 is 9.66 Å². The molecule has 8 nitrogen and oxygen atoms in total. The molecule has 0 radical (unpaired) electrons. The summed E-state index contributed by atoms with van der Waals surface area (Å²) >= 11 is 0. The van der Waals surface area contributed by atoms with Gasteiger partial charge >= 0.3 is 5.69 Å². The van der Waals surface area contributed by atoms with Gasteiger partial charge < -0.3 is 15.4 Å². The Hall–Kier alpha value is -1.96. The van der Waals surface area contributed by atoms with Crippen molar-refractivity contribution in [3.05, 3.63) is 16.3 Å². The van der Waals surface area contributed by atoms with E-state index in [1.54, 1.807) is 0 Å². The maximum Gasteiger partial charge on any atom is 0.329 e. The molecule has 8 heteroatoms. The number of nitrogens with zero attached hydrogens (tertiary/aromatic N) is 3. The summed E-state index contributed by atoms with van der Waals surface area (Å²) in [5.74, 6) is 1.22. The molecule has 1 aromatic heterocycles. The Kier molecular flexibility index (Phi) is 3.19. The number of hydrogen-bond acceptors (Lipinski definition) is 7. The number of nitro groups is 1. The molecule has 2 saturated carbocycles. The number of ether oxygens (including phenoxy) is 1. The van der Waals surface area contributed by atoms with E-state index < -0.39 is 4.92 Å². The first-order valence-corrected chi connectivity index (χ1v) is 8.13. The zero-order chi connectivity index (χ0) is 16.2. The van der Waals surface area contributed by atoms with Crippen LogP contribution in [0.1, 0.15) is 33.1 Å². The highest BCUT2D eigenvalue weighted by atomic mass is 16.6. The second-order valence-corrected chi connectivity index (χ2v) is 7.29. The van der Waals surface area contributed by atoms with Gasteiger partial charge in [-0.2, -0.15) is 4.98 Å². The molecule has 0 aromatic carbocycles. The Morgan fingerprint density at radius 2 is 2.13 bits per heavy atom. The molecule has 3 atom stereocenters. The van der Waals surface area contributed by atoms with Gasteiger partial charge in [0, 0.05) is 30.0 Å². The van der Waals surface area contributed by atoms with Crippen LogP contribution in [0.2, 0.25) is 0 Å². The third kappa shape index (κ3) is 2.41. The standard InChI is InChI=1S/C15H21N5O3/c1-15(2)11(9-5-6-23-12(9)15)18-14-16-7-10(20(21)22)13(19-14)17-8-3-4-8/h7-9,11-12H,3-6H2,1-2H3,(H2,16,17,18,19)/t9-,11+,12-/m0/s1. The zero-order valence-electron chi connectivity index (χ0n) is 13.3. The van der Waals surface area contributed by atoms with Gasteiger partial charge in [0.1, 0.15) is 6.20 Å². The van der Waals surface area contributed by atoms with Gasteiger partial charge in [-0.3, -0.25) is 10.1 Å². The van der Waals surface area contributed by atoms with Crippen molar-refractivity contribution in [3.63, 3.8) is 0 Å². The molecule has 2 aliphatic carbocycles. The number of aromatic nitrogens is 2. The van der Waals surface area contributed by atoms with E-state index in [0.29, 0.717) is 23.7 Å². The number of fused-ring (bicyclic) bond motifs is 1. The van der Waals surface area contributed by atoms with Crippen LogP contribution in [0.4, 0.5) is 17.5 Å². The molecular weight excluding hydrogens is 298 g/mol. The average Bonchev–Trinajstić information content (AvgIpc) is 3.19. The van der Waals surface area contributed by atoms with Crippen LogP contribution in [-0.2, 0) is 4.74 Å². The Bertz CT molecular complexity index is 646. The Balaban J connectivity index is 1.56. The first kappa shape index (κ1) is 14.6. The highest BCUT2D eigenvalue weighted by molar-refractivity contribution is 5.58. The van der Waals surface area contributed by atoms with Gasteiger partial charge in [-0.25, -0.2) is 4.98 Å². The fourth-order valence-electron chi connectivity index (χ4n) is 3.86. The molecule has 4 rings (SSSR count). The number of nitrogens with one attached hydrogen (secondary N) is 2. The summed E-state index contributed by atoms with van der Waals surface area (Å²) in [4.78, 5) is 19.2. The first-order chi connectivity index (χ1) is 11.0. The third-order valence-corrected chi connectivity index (χ3v) is 5.27. The SMILES string of the molecule is CC1(C)[C@H](Nc2ncc([N+](=O)[O-])c(NC3CC3)n2)[C@@H]2CCO[C@@H]21. The van der Waals surface area contributed by atoms with Crippen LogP contribution in [0.3, 0.4) is 0 Å². The van der Waals surface area contributed by atoms with Crippen molar-refractivity contribution in [3.8, 4) is 0 Å². The molecule has 1 aromatic rings. The van der Waals surface area contributed by atoms with E-state index in [1.807, 2.05) is 0 Å². The zero-order valence-corrected chi connectivity index (χ0v) is 13.3. The summed E-state index contributed by atoms with van der Waals surface area (Å²) in [7, 11) is 0. The second-order valence-electron chi connectivity index (χ2n) is 7.29. The molecule has 3 fully saturated rings. The van der Waals surface area contributed by atoms with Crippen LogP contribution in [0.15, 0.2) is 6.20 Å². The lowest BCUT2D eigenvalue weighted by atomic mass is 9.57. The smallest absolute Gasteiger partial charge is 0.329 e. The fraction of sp³-hybridized carbons (Fsp3) is 0.733. The Morgan fingerprint density at radius 3 is 2.83 bits per heavy atom. The lowest BCUT2D eigenvalue weighted by Crippen LogP contribution is -2.63. The number of rotatable bonds is 5. The molecule has 2 heterocycles. The maximum absolute atomic E-state index is 11.1. The van der Waals surface area contributed by atoms with Crippen LogP contribution < -0.4 is 10.6 Å². The van der Waals surface area contributed by atoms with Crippen LogP contribution in [-0.4, -0.2) is 39.7 Å². The monoisotopic (exact) mass is 319 g/mol. The van der Waals surface area contributed by atoms with Gasteiger partial charge in [0.05, 0.1) is 11.0 Å². The summed E-state index contributed by atoms with van der Waals surface area (Å²) in [6.07, 6.45) is 4.66. The molecule has 0 unspecified atom stereocenters. The number of hydrogen-bond donors (Lipinski definition) is 2. The van der Waals surface area contributed by atoms with Crippen LogP contribution in [0, 0.1) is 21.4 Å². The summed E-state index contributed by atoms with van der Waals surface area (Å²) < 4.78 is 5.79. The molecule has 0 amide bonds. The minimum absolute atomic E-state index is 0.0103. The van der Waals surface area contributed by atoms with E-state index in [0.717, 1.165) is 25.9 Å². The number of anilines is 2. The van der Waals surface area contributed by atoms with Gasteiger partial charge in [0.25, 0.3) is 0 Å². The molecular formula is C15H21N5O3. The minimum atomic E-state index is -0.442. The summed E-state index contributed by atoms with van der Waals surface area (Å²) in [6, 6.07) is 0.523. The van der Waals surface area contributed by atoms with Crippen molar-refractivity contribution in [1.29, 1.82) is 0 Å². The third-order valence-electron chi connectivity index (χ3n) is 5.27. The first-order valence-electron chi connectivity index (χ1n) is 8.13. The quantitative estimate of drug-likeness (QED) is 0.633. The van der Waals surface area contributed by atoms with E-state index >= 15 is 0 Å². The molecule has 0 spiro atoms. The molecule has 2 N–H and O–H groups in total. The molecule has 124 valence electrons. The maximum atomic E-state index is 11.1. The molecule has 3 aliphatic rings. The van der Waals surface area contributed by atoms with Crippen LogP contribution >= 0.6 is 0 Å². The van der Waals surface area contributed by atoms with Crippen molar-refractivity contribution in [2.24, 2.45) is 11.3 Å². The Labute approximate surface area is 134 Å². The highest BCUT2D eigenvalue weighted by Crippen LogP contribution is 2.53. The Morgan fingerprint density at radius 1 is 1.35 bits per heavy atom. The van der Waals surface area contributed by atoms with Crippen molar-refractivity contribution in [2.45, 2.75) is 51.3 Å². The van der Waals surface area contributed by atoms with E-state index in [4.69, 9.17) is 4.74 Å². The topological polar surface area (TPSA) is 102 Å². The van der Waals surface area contributed by atoms with E-state index in [9.17, 15) is 10.1 Å². The van der Waals surface area contributed by atoms with E-state index in [1.165, 1.54) is 6.20 Å². The predicted octanol–water partition coefficient (Wildman–Crippen LogP) is 2.18. The summed E-state index contributed by atoms with van der Waals surface area (Å²) in [5, 5.41) is 17.6. The summed E-state index contributed by atoms with van der Waals surface area (Å²) in [5.41, 5.74) is -0.0616. The van der Waals surface area contributed by atoms with Gasteiger partial charge in [-0.15, -0.1) is 0 Å². The second kappa shape index (κ2) is 5.02. The highest BCUT2D eigenvalue weighted by Gasteiger charge is 2.59. The molecule has 1 saturated heterocycles. The van der Waals surface area contributed by atoms with Crippen molar-refractivity contribution >= 4 is 17.5 Å². The van der Waals surface area contributed by atoms with Crippen LogP contribution in [0.25, 0.3) is 0 Å². The van der Waals surface area contributed by atoms with Gasteiger partial charge in [0.15, 0.2) is 0 Å². The fourth-order valence-corrected chi connectivity index (χ4v) is 3.86. The molecule has 1 aliphatic heterocycles. The van der Waals surface area contributed by atoms with Crippen LogP contribution in [0.5, 0.6) is 0 Å². The molecule has 0 bridgehead atoms. The normalized spacial score (nSPS) is 31.1. The van der Waals surface area contributed by atoms with Gasteiger partial charge in [-0.05, 0) is 19.3 Å². The average molecular weight is 319 g/mol. The minimum Gasteiger partial charge on any atom is -0.377 e. The lowest BCUT2D eigenvalue weighted by molar-refractivity contribution is -0.384.